The van der Waals surface area contributed by atoms with Gasteiger partial charge in [-0.25, -0.2) is 23.1 Å². The van der Waals surface area contributed by atoms with Gasteiger partial charge < -0.3 is 10.6 Å². The molecule has 10 heteroatoms. The Bertz CT molecular complexity index is 1210. The highest BCUT2D eigenvalue weighted by Gasteiger charge is 2.29. The van der Waals surface area contributed by atoms with E-state index in [-0.39, 0.29) is 28.6 Å². The van der Waals surface area contributed by atoms with Crippen molar-refractivity contribution < 1.29 is 18.0 Å². The number of carbonyl (C=O) groups excluding carboxylic acids is 2. The van der Waals surface area contributed by atoms with Crippen molar-refractivity contribution in [3.8, 4) is 0 Å². The molecule has 32 heavy (non-hydrogen) atoms. The maximum absolute atomic E-state index is 12.5. The van der Waals surface area contributed by atoms with Crippen LogP contribution in [0.25, 0.3) is 0 Å². The minimum atomic E-state index is -3.85. The molecule has 0 atom stereocenters. The van der Waals surface area contributed by atoms with E-state index < -0.39 is 10.0 Å². The third-order valence-corrected chi connectivity index (χ3v) is 6.19. The van der Waals surface area contributed by atoms with Crippen molar-refractivity contribution in [2.45, 2.75) is 24.3 Å². The van der Waals surface area contributed by atoms with Gasteiger partial charge in [0.25, 0.3) is 15.9 Å². The number of amides is 2. The first-order chi connectivity index (χ1) is 15.4. The lowest BCUT2D eigenvalue weighted by molar-refractivity contribution is -0.122. The fraction of sp³-hybridized carbons (Fsp3) is 0.182. The molecular formula is C22H21N5O4S. The monoisotopic (exact) mass is 451 g/mol. The first kappa shape index (κ1) is 21.4. The van der Waals surface area contributed by atoms with Crippen molar-refractivity contribution in [1.29, 1.82) is 0 Å². The molecule has 0 aliphatic heterocycles. The summed E-state index contributed by atoms with van der Waals surface area (Å²) in [5, 5.41) is 5.61. The standard InChI is InChI=1S/C22H21N5O4S/c28-20(16-6-7-16)25-14-15-2-4-17(5-3-15)21(29)26-18-8-10-19(11-9-18)32(30,31)27-22-23-12-1-13-24-22/h1-5,8-13,16H,6-7,14H2,(H,25,28)(H,26,29)(H,23,24,27). The normalized spacial score (nSPS) is 13.2. The molecule has 1 heterocycles. The topological polar surface area (TPSA) is 130 Å². The average Bonchev–Trinajstić information content (AvgIpc) is 3.64. The molecule has 0 unspecified atom stereocenters. The summed E-state index contributed by atoms with van der Waals surface area (Å²) in [5.41, 5.74) is 1.80. The first-order valence-corrected chi connectivity index (χ1v) is 11.5. The van der Waals surface area contributed by atoms with Gasteiger partial charge >= 0.3 is 0 Å². The van der Waals surface area contributed by atoms with Crippen LogP contribution < -0.4 is 15.4 Å². The fourth-order valence-electron chi connectivity index (χ4n) is 2.90. The number of anilines is 2. The quantitative estimate of drug-likeness (QED) is 0.483. The molecule has 0 radical (unpaired) electrons. The number of nitrogens with one attached hydrogen (secondary N) is 3. The van der Waals surface area contributed by atoms with Gasteiger partial charge in [0, 0.05) is 36.1 Å². The molecule has 2 aromatic carbocycles. The lowest BCUT2D eigenvalue weighted by atomic mass is 10.1. The molecule has 3 aromatic rings. The van der Waals surface area contributed by atoms with Crippen molar-refractivity contribution in [2.24, 2.45) is 5.92 Å². The largest absolute Gasteiger partial charge is 0.352 e. The zero-order chi connectivity index (χ0) is 22.6. The highest BCUT2D eigenvalue weighted by molar-refractivity contribution is 7.92. The Morgan fingerprint density at radius 3 is 2.22 bits per heavy atom. The van der Waals surface area contributed by atoms with Crippen LogP contribution in [0.15, 0.2) is 71.9 Å². The van der Waals surface area contributed by atoms with Crippen molar-refractivity contribution in [1.82, 2.24) is 15.3 Å². The lowest BCUT2D eigenvalue weighted by Crippen LogP contribution is -2.24. The summed E-state index contributed by atoms with van der Waals surface area (Å²) in [6.07, 6.45) is 4.77. The van der Waals surface area contributed by atoms with E-state index in [4.69, 9.17) is 0 Å². The van der Waals surface area contributed by atoms with Gasteiger partial charge in [-0.05, 0) is 60.9 Å². The predicted molar refractivity (Wildman–Crippen MR) is 118 cm³/mol. The van der Waals surface area contributed by atoms with Crippen molar-refractivity contribution >= 4 is 33.5 Å². The van der Waals surface area contributed by atoms with Crippen LogP contribution >= 0.6 is 0 Å². The third kappa shape index (κ3) is 5.46. The molecule has 3 N–H and O–H groups in total. The summed E-state index contributed by atoms with van der Waals surface area (Å²) < 4.78 is 27.1. The molecular weight excluding hydrogens is 430 g/mol. The van der Waals surface area contributed by atoms with Gasteiger partial charge in [-0.1, -0.05) is 12.1 Å². The molecule has 1 aliphatic rings. The van der Waals surface area contributed by atoms with E-state index in [1.54, 1.807) is 30.3 Å². The summed E-state index contributed by atoms with van der Waals surface area (Å²) in [6, 6.07) is 14.3. The summed E-state index contributed by atoms with van der Waals surface area (Å²) >= 11 is 0. The van der Waals surface area contributed by atoms with Gasteiger partial charge in [-0.15, -0.1) is 0 Å². The van der Waals surface area contributed by atoms with Gasteiger partial charge in [-0.2, -0.15) is 0 Å². The fourth-order valence-corrected chi connectivity index (χ4v) is 3.86. The maximum atomic E-state index is 12.5. The minimum Gasteiger partial charge on any atom is -0.352 e. The van der Waals surface area contributed by atoms with Gasteiger partial charge in [-0.3, -0.25) is 9.59 Å². The number of carbonyl (C=O) groups is 2. The van der Waals surface area contributed by atoms with Gasteiger partial charge in [0.1, 0.15) is 0 Å². The molecule has 2 amide bonds. The molecule has 0 bridgehead atoms. The van der Waals surface area contributed by atoms with Gasteiger partial charge in [0.15, 0.2) is 0 Å². The molecule has 1 aromatic heterocycles. The summed E-state index contributed by atoms with van der Waals surface area (Å²) in [6.45, 7) is 0.426. The molecule has 1 fully saturated rings. The zero-order valence-electron chi connectivity index (χ0n) is 17.0. The molecule has 0 saturated heterocycles. The van der Waals surface area contributed by atoms with Crippen molar-refractivity contribution in [3.05, 3.63) is 78.1 Å². The maximum Gasteiger partial charge on any atom is 0.264 e. The number of hydrogen-bond acceptors (Lipinski definition) is 6. The highest BCUT2D eigenvalue weighted by Crippen LogP contribution is 2.28. The van der Waals surface area contributed by atoms with Gasteiger partial charge in [0.05, 0.1) is 4.90 Å². The SMILES string of the molecule is O=C(Nc1ccc(S(=O)(=O)Nc2ncccn2)cc1)c1ccc(CNC(=O)C2CC2)cc1. The lowest BCUT2D eigenvalue weighted by Gasteiger charge is -2.09. The van der Waals surface area contributed by atoms with Crippen LogP contribution in [0.4, 0.5) is 11.6 Å². The molecule has 0 spiro atoms. The second kappa shape index (κ2) is 9.15. The van der Waals surface area contributed by atoms with Crippen LogP contribution in [0.3, 0.4) is 0 Å². The summed E-state index contributed by atoms with van der Waals surface area (Å²) in [4.78, 5) is 31.9. The minimum absolute atomic E-state index is 0.0144. The summed E-state index contributed by atoms with van der Waals surface area (Å²) in [7, 11) is -3.85. The summed E-state index contributed by atoms with van der Waals surface area (Å²) in [5.74, 6) is -0.127. The predicted octanol–water partition coefficient (Wildman–Crippen LogP) is 2.56. The Balaban J connectivity index is 1.34. The van der Waals surface area contributed by atoms with Crippen molar-refractivity contribution in [2.75, 3.05) is 10.0 Å². The average molecular weight is 452 g/mol. The van der Waals surface area contributed by atoms with Crippen LogP contribution in [0.2, 0.25) is 0 Å². The molecule has 164 valence electrons. The molecule has 4 rings (SSSR count). The second-order valence-electron chi connectivity index (χ2n) is 7.35. The third-order valence-electron chi connectivity index (χ3n) is 4.84. The number of sulfonamides is 1. The number of nitrogens with zero attached hydrogens (tertiary/aromatic N) is 2. The van der Waals surface area contributed by atoms with Gasteiger partial charge in [0.2, 0.25) is 11.9 Å². The zero-order valence-corrected chi connectivity index (χ0v) is 17.8. The Kier molecular flexibility index (Phi) is 6.13. The Morgan fingerprint density at radius 1 is 0.938 bits per heavy atom. The first-order valence-electron chi connectivity index (χ1n) is 9.99. The second-order valence-corrected chi connectivity index (χ2v) is 9.03. The molecule has 9 nitrogen and oxygen atoms in total. The molecule has 1 saturated carbocycles. The number of hydrogen-bond donors (Lipinski definition) is 3. The highest BCUT2D eigenvalue weighted by atomic mass is 32.2. The Labute approximate surface area is 185 Å². The van der Waals surface area contributed by atoms with E-state index in [9.17, 15) is 18.0 Å². The smallest absolute Gasteiger partial charge is 0.264 e. The van der Waals surface area contributed by atoms with Crippen LogP contribution in [-0.2, 0) is 21.4 Å². The van der Waals surface area contributed by atoms with E-state index in [2.05, 4.69) is 25.3 Å². The number of benzene rings is 2. The van der Waals surface area contributed by atoms with Crippen LogP contribution in [0, 0.1) is 5.92 Å². The van der Waals surface area contributed by atoms with Crippen LogP contribution in [0.5, 0.6) is 0 Å². The van der Waals surface area contributed by atoms with E-state index in [0.717, 1.165) is 18.4 Å². The van der Waals surface area contributed by atoms with E-state index in [1.165, 1.54) is 36.7 Å². The van der Waals surface area contributed by atoms with Crippen molar-refractivity contribution in [3.63, 3.8) is 0 Å². The van der Waals surface area contributed by atoms with E-state index >= 15 is 0 Å². The number of rotatable bonds is 8. The van der Waals surface area contributed by atoms with E-state index in [1.807, 2.05) is 0 Å². The number of aromatic nitrogens is 2. The Hall–Kier alpha value is -3.79. The molecule has 1 aliphatic carbocycles. The van der Waals surface area contributed by atoms with E-state index in [0.29, 0.717) is 17.8 Å². The Morgan fingerprint density at radius 2 is 1.59 bits per heavy atom. The van der Waals surface area contributed by atoms with Crippen LogP contribution in [0.1, 0.15) is 28.8 Å². The van der Waals surface area contributed by atoms with Crippen LogP contribution in [-0.4, -0.2) is 30.2 Å².